The fraction of sp³-hybridized carbons (Fsp3) is 0.333. The van der Waals surface area contributed by atoms with Crippen LogP contribution in [0, 0.1) is 0 Å². The molecule has 4 rings (SSSR count). The lowest BCUT2D eigenvalue weighted by Crippen LogP contribution is -2.37. The smallest absolute Gasteiger partial charge is 0.273 e. The average Bonchev–Trinajstić information content (AvgIpc) is 3.42. The molecule has 1 atom stereocenters. The van der Waals surface area contributed by atoms with Gasteiger partial charge < -0.3 is 30.9 Å². The quantitative estimate of drug-likeness (QED) is 0.335. The summed E-state index contributed by atoms with van der Waals surface area (Å²) in [5, 5.41) is 14.2. The van der Waals surface area contributed by atoms with Crippen LogP contribution in [0.25, 0.3) is 0 Å². The van der Waals surface area contributed by atoms with Gasteiger partial charge in [0, 0.05) is 56.1 Å². The number of amides is 3. The summed E-state index contributed by atoms with van der Waals surface area (Å²) in [6.45, 7) is 4.51. The van der Waals surface area contributed by atoms with Gasteiger partial charge in [-0.15, -0.1) is 10.2 Å². The van der Waals surface area contributed by atoms with Crippen LogP contribution in [0.3, 0.4) is 0 Å². The lowest BCUT2D eigenvalue weighted by Gasteiger charge is -2.20. The SMILES string of the molecule is CCN(CCOC)C(=O)c1ccc(Nc2nc(N3CCC(NC(=O)c4ccccc4)C3)nnc2C(N)=O)cc1. The zero-order valence-electron chi connectivity index (χ0n) is 22.0. The van der Waals surface area contributed by atoms with Crippen LogP contribution < -0.4 is 21.3 Å². The van der Waals surface area contributed by atoms with Gasteiger partial charge in [0.2, 0.25) is 5.95 Å². The molecule has 2 heterocycles. The monoisotopic (exact) mass is 532 g/mol. The minimum atomic E-state index is -0.776. The summed E-state index contributed by atoms with van der Waals surface area (Å²) in [6.07, 6.45) is 0.705. The van der Waals surface area contributed by atoms with Crippen molar-refractivity contribution in [2.45, 2.75) is 19.4 Å². The van der Waals surface area contributed by atoms with E-state index in [1.165, 1.54) is 0 Å². The molecule has 39 heavy (non-hydrogen) atoms. The Labute approximate surface area is 226 Å². The molecule has 3 amide bonds. The molecule has 1 aliphatic rings. The molecule has 0 saturated carbocycles. The molecular formula is C27H32N8O4. The van der Waals surface area contributed by atoms with E-state index in [2.05, 4.69) is 25.8 Å². The third-order valence-corrected chi connectivity index (χ3v) is 6.38. The van der Waals surface area contributed by atoms with E-state index in [1.54, 1.807) is 48.4 Å². The number of nitrogens with one attached hydrogen (secondary N) is 2. The molecule has 1 fully saturated rings. The van der Waals surface area contributed by atoms with Gasteiger partial charge in [-0.25, -0.2) is 0 Å². The van der Waals surface area contributed by atoms with E-state index in [-0.39, 0.29) is 29.4 Å². The normalized spacial score (nSPS) is 14.6. The van der Waals surface area contributed by atoms with Crippen molar-refractivity contribution >= 4 is 35.2 Å². The highest BCUT2D eigenvalue weighted by Gasteiger charge is 2.27. The van der Waals surface area contributed by atoms with Crippen LogP contribution in [0.4, 0.5) is 17.5 Å². The molecule has 2 aromatic carbocycles. The van der Waals surface area contributed by atoms with E-state index < -0.39 is 5.91 Å². The van der Waals surface area contributed by atoms with Crippen molar-refractivity contribution in [3.05, 3.63) is 71.4 Å². The fourth-order valence-corrected chi connectivity index (χ4v) is 4.24. The number of hydrogen-bond donors (Lipinski definition) is 3. The first-order valence-electron chi connectivity index (χ1n) is 12.7. The summed E-state index contributed by atoms with van der Waals surface area (Å²) in [4.78, 5) is 45.4. The average molecular weight is 533 g/mol. The van der Waals surface area contributed by atoms with Gasteiger partial charge >= 0.3 is 0 Å². The highest BCUT2D eigenvalue weighted by atomic mass is 16.5. The molecule has 1 aliphatic heterocycles. The van der Waals surface area contributed by atoms with Gasteiger partial charge in [0.05, 0.1) is 6.61 Å². The van der Waals surface area contributed by atoms with Crippen LogP contribution in [0.1, 0.15) is 44.5 Å². The number of likely N-dealkylation sites (N-methyl/N-ethyl adjacent to an activating group) is 1. The molecule has 204 valence electrons. The molecule has 1 unspecified atom stereocenters. The number of rotatable bonds is 11. The number of aromatic nitrogens is 3. The molecule has 0 aliphatic carbocycles. The minimum absolute atomic E-state index is 0.0924. The Morgan fingerprint density at radius 2 is 1.82 bits per heavy atom. The Morgan fingerprint density at radius 3 is 2.49 bits per heavy atom. The zero-order chi connectivity index (χ0) is 27.8. The van der Waals surface area contributed by atoms with E-state index in [1.807, 2.05) is 30.0 Å². The van der Waals surface area contributed by atoms with Gasteiger partial charge in [0.25, 0.3) is 17.7 Å². The number of ether oxygens (including phenoxy) is 1. The number of primary amides is 1. The van der Waals surface area contributed by atoms with Crippen molar-refractivity contribution in [3.8, 4) is 0 Å². The van der Waals surface area contributed by atoms with Crippen LogP contribution >= 0.6 is 0 Å². The number of methoxy groups -OCH3 is 1. The van der Waals surface area contributed by atoms with Crippen molar-refractivity contribution < 1.29 is 19.1 Å². The standard InChI is InChI=1S/C27H32N8O4/c1-3-34(15-16-39-2)26(38)19-9-11-20(12-10-19)29-24-22(23(28)36)32-33-27(31-24)35-14-13-21(17-35)30-25(37)18-7-5-4-6-8-18/h4-12,21H,3,13-17H2,1-2H3,(H2,28,36)(H,30,37)(H,29,31,33). The first-order chi connectivity index (χ1) is 18.9. The third-order valence-electron chi connectivity index (χ3n) is 6.38. The van der Waals surface area contributed by atoms with Crippen LogP contribution in [0.15, 0.2) is 54.6 Å². The van der Waals surface area contributed by atoms with Crippen molar-refractivity contribution in [2.24, 2.45) is 5.73 Å². The molecule has 4 N–H and O–H groups in total. The maximum Gasteiger partial charge on any atom is 0.273 e. The summed E-state index contributed by atoms with van der Waals surface area (Å²) in [5.41, 5.74) is 7.12. The van der Waals surface area contributed by atoms with E-state index in [0.29, 0.717) is 62.0 Å². The summed E-state index contributed by atoms with van der Waals surface area (Å²) >= 11 is 0. The summed E-state index contributed by atoms with van der Waals surface area (Å²) in [7, 11) is 1.60. The zero-order valence-corrected chi connectivity index (χ0v) is 22.0. The first-order valence-corrected chi connectivity index (χ1v) is 12.7. The second kappa shape index (κ2) is 12.8. The number of nitrogens with two attached hydrogens (primary N) is 1. The number of hydrogen-bond acceptors (Lipinski definition) is 9. The lowest BCUT2D eigenvalue weighted by atomic mass is 10.1. The Bertz CT molecular complexity index is 1300. The van der Waals surface area contributed by atoms with Crippen molar-refractivity contribution in [1.29, 1.82) is 0 Å². The van der Waals surface area contributed by atoms with Gasteiger partial charge in [-0.2, -0.15) is 4.98 Å². The number of carbonyl (C=O) groups is 3. The Hall–Kier alpha value is -4.58. The van der Waals surface area contributed by atoms with Gasteiger partial charge in [-0.05, 0) is 49.7 Å². The maximum absolute atomic E-state index is 12.8. The Morgan fingerprint density at radius 1 is 1.08 bits per heavy atom. The van der Waals surface area contributed by atoms with E-state index >= 15 is 0 Å². The summed E-state index contributed by atoms with van der Waals surface area (Å²) in [5.74, 6) is -0.563. The number of benzene rings is 2. The second-order valence-electron chi connectivity index (χ2n) is 9.02. The molecule has 3 aromatic rings. The van der Waals surface area contributed by atoms with Crippen LogP contribution in [-0.4, -0.2) is 83.7 Å². The third kappa shape index (κ3) is 6.85. The van der Waals surface area contributed by atoms with Crippen molar-refractivity contribution in [2.75, 3.05) is 50.1 Å². The summed E-state index contributed by atoms with van der Waals surface area (Å²) in [6, 6.07) is 15.8. The van der Waals surface area contributed by atoms with Crippen LogP contribution in [0.2, 0.25) is 0 Å². The van der Waals surface area contributed by atoms with Crippen LogP contribution in [-0.2, 0) is 4.74 Å². The first kappa shape index (κ1) is 27.5. The molecule has 0 radical (unpaired) electrons. The molecule has 12 heteroatoms. The Kier molecular flexibility index (Phi) is 9.00. The Balaban J connectivity index is 1.45. The minimum Gasteiger partial charge on any atom is -0.383 e. The highest BCUT2D eigenvalue weighted by molar-refractivity contribution is 5.97. The number of nitrogens with zero attached hydrogens (tertiary/aromatic N) is 5. The lowest BCUT2D eigenvalue weighted by molar-refractivity contribution is 0.0706. The maximum atomic E-state index is 12.8. The van der Waals surface area contributed by atoms with Gasteiger partial charge in [-0.3, -0.25) is 14.4 Å². The molecule has 0 bridgehead atoms. The molecule has 12 nitrogen and oxygen atoms in total. The predicted molar refractivity (Wildman–Crippen MR) is 146 cm³/mol. The van der Waals surface area contributed by atoms with E-state index in [4.69, 9.17) is 10.5 Å². The topological polar surface area (TPSA) is 156 Å². The van der Waals surface area contributed by atoms with E-state index in [0.717, 1.165) is 0 Å². The molecule has 1 saturated heterocycles. The molecular weight excluding hydrogens is 500 g/mol. The highest BCUT2D eigenvalue weighted by Crippen LogP contribution is 2.23. The van der Waals surface area contributed by atoms with E-state index in [9.17, 15) is 14.4 Å². The van der Waals surface area contributed by atoms with Crippen molar-refractivity contribution in [1.82, 2.24) is 25.4 Å². The fourth-order valence-electron chi connectivity index (χ4n) is 4.24. The van der Waals surface area contributed by atoms with Gasteiger partial charge in [0.1, 0.15) is 0 Å². The molecule has 1 aromatic heterocycles. The number of anilines is 3. The largest absolute Gasteiger partial charge is 0.383 e. The van der Waals surface area contributed by atoms with Gasteiger partial charge in [-0.1, -0.05) is 18.2 Å². The van der Waals surface area contributed by atoms with Crippen LogP contribution in [0.5, 0.6) is 0 Å². The summed E-state index contributed by atoms with van der Waals surface area (Å²) < 4.78 is 5.08. The van der Waals surface area contributed by atoms with Gasteiger partial charge in [0.15, 0.2) is 11.5 Å². The number of carbonyl (C=O) groups excluding carboxylic acids is 3. The second-order valence-corrected chi connectivity index (χ2v) is 9.02. The van der Waals surface area contributed by atoms with Crippen molar-refractivity contribution in [3.63, 3.8) is 0 Å². The predicted octanol–water partition coefficient (Wildman–Crippen LogP) is 1.83. The molecule has 0 spiro atoms.